The van der Waals surface area contributed by atoms with Gasteiger partial charge in [-0.15, -0.1) is 0 Å². The molecule has 0 spiro atoms. The van der Waals surface area contributed by atoms with Crippen LogP contribution in [0.4, 0.5) is 0 Å². The Hall–Kier alpha value is -1.31. The Bertz CT molecular complexity index is 661. The minimum absolute atomic E-state index is 0.0408. The molecule has 1 aliphatic heterocycles. The first-order valence-corrected chi connectivity index (χ1v) is 8.20. The highest BCUT2D eigenvalue weighted by Crippen LogP contribution is 2.35. The van der Waals surface area contributed by atoms with Gasteiger partial charge in [0.25, 0.3) is 0 Å². The van der Waals surface area contributed by atoms with E-state index in [-0.39, 0.29) is 16.3 Å². The summed E-state index contributed by atoms with van der Waals surface area (Å²) in [7, 11) is -2.59. The number of carboxylic acids is 1. The molecule has 1 aromatic carbocycles. The van der Waals surface area contributed by atoms with Crippen molar-refractivity contribution in [1.29, 1.82) is 0 Å². The summed E-state index contributed by atoms with van der Waals surface area (Å²) in [6.07, 6.45) is 0.787. The van der Waals surface area contributed by atoms with Gasteiger partial charge in [0.15, 0.2) is 0 Å². The molecule has 0 unspecified atom stereocenters. The summed E-state index contributed by atoms with van der Waals surface area (Å²) in [6, 6.07) is 2.82. The van der Waals surface area contributed by atoms with Gasteiger partial charge in [-0.2, -0.15) is 4.31 Å². The van der Waals surface area contributed by atoms with Crippen molar-refractivity contribution in [3.63, 3.8) is 0 Å². The van der Waals surface area contributed by atoms with Crippen molar-refractivity contribution >= 4 is 27.6 Å². The molecule has 8 heteroatoms. The molecule has 0 bridgehead atoms. The topological polar surface area (TPSA) is 83.9 Å². The number of halogens is 1. The average molecular weight is 334 g/mol. The predicted octanol–water partition coefficient (Wildman–Crippen LogP) is 1.97. The van der Waals surface area contributed by atoms with Gasteiger partial charge in [0, 0.05) is 12.1 Å². The van der Waals surface area contributed by atoms with Gasteiger partial charge >= 0.3 is 5.97 Å². The number of methoxy groups -OCH3 is 1. The average Bonchev–Trinajstić information content (AvgIpc) is 2.82. The first-order valence-electron chi connectivity index (χ1n) is 6.39. The SMILES string of the molecule is COc1ccc(Cl)c(S(=O)(=O)N2[C@@H](C)CC[C@H]2C(=O)O)c1. The molecule has 21 heavy (non-hydrogen) atoms. The van der Waals surface area contributed by atoms with Crippen LogP contribution in [0.2, 0.25) is 5.02 Å². The Labute approximate surface area is 128 Å². The summed E-state index contributed by atoms with van der Waals surface area (Å²) in [5.74, 6) is -0.807. The third kappa shape index (κ3) is 2.86. The molecule has 0 aliphatic carbocycles. The lowest BCUT2D eigenvalue weighted by molar-refractivity contribution is -0.140. The number of rotatable bonds is 4. The van der Waals surface area contributed by atoms with Gasteiger partial charge in [-0.05, 0) is 31.9 Å². The number of hydrogen-bond donors (Lipinski definition) is 1. The van der Waals surface area contributed by atoms with Crippen LogP contribution in [0.15, 0.2) is 23.1 Å². The van der Waals surface area contributed by atoms with Crippen molar-refractivity contribution in [3.8, 4) is 5.75 Å². The minimum atomic E-state index is -4.00. The first-order chi connectivity index (χ1) is 9.78. The fraction of sp³-hybridized carbons (Fsp3) is 0.462. The largest absolute Gasteiger partial charge is 0.497 e. The van der Waals surface area contributed by atoms with E-state index in [4.69, 9.17) is 16.3 Å². The summed E-state index contributed by atoms with van der Waals surface area (Å²) in [6.45, 7) is 1.69. The smallest absolute Gasteiger partial charge is 0.322 e. The molecule has 1 aliphatic rings. The van der Waals surface area contributed by atoms with Gasteiger partial charge in [-0.3, -0.25) is 4.79 Å². The summed E-state index contributed by atoms with van der Waals surface area (Å²) >= 11 is 5.98. The zero-order valence-electron chi connectivity index (χ0n) is 11.6. The Balaban J connectivity index is 2.53. The summed E-state index contributed by atoms with van der Waals surface area (Å²) < 4.78 is 31.6. The second kappa shape index (κ2) is 5.82. The number of carboxylic acid groups (broad SMARTS) is 1. The highest BCUT2D eigenvalue weighted by molar-refractivity contribution is 7.89. The maximum absolute atomic E-state index is 12.8. The second-order valence-electron chi connectivity index (χ2n) is 4.91. The molecule has 1 aromatic rings. The molecule has 0 radical (unpaired) electrons. The molecule has 0 aromatic heterocycles. The maximum atomic E-state index is 12.8. The molecular formula is C13H16ClNO5S. The van der Waals surface area contributed by atoms with Crippen LogP contribution in [-0.2, 0) is 14.8 Å². The van der Waals surface area contributed by atoms with Gasteiger partial charge < -0.3 is 9.84 Å². The van der Waals surface area contributed by atoms with Crippen LogP contribution in [-0.4, -0.2) is 43.0 Å². The highest BCUT2D eigenvalue weighted by atomic mass is 35.5. The molecule has 2 rings (SSSR count). The number of ether oxygens (including phenoxy) is 1. The maximum Gasteiger partial charge on any atom is 0.322 e. The predicted molar refractivity (Wildman–Crippen MR) is 77.1 cm³/mol. The molecule has 1 saturated heterocycles. The number of hydrogen-bond acceptors (Lipinski definition) is 4. The van der Waals surface area contributed by atoms with E-state index in [1.807, 2.05) is 0 Å². The lowest BCUT2D eigenvalue weighted by Crippen LogP contribution is -2.43. The molecule has 116 valence electrons. The van der Waals surface area contributed by atoms with E-state index < -0.39 is 28.1 Å². The lowest BCUT2D eigenvalue weighted by Gasteiger charge is -2.25. The fourth-order valence-electron chi connectivity index (χ4n) is 2.52. The van der Waals surface area contributed by atoms with Crippen LogP contribution in [0.25, 0.3) is 0 Å². The number of carbonyl (C=O) groups is 1. The van der Waals surface area contributed by atoms with Crippen LogP contribution in [0.5, 0.6) is 5.75 Å². The van der Waals surface area contributed by atoms with E-state index in [1.54, 1.807) is 13.0 Å². The van der Waals surface area contributed by atoms with Crippen LogP contribution < -0.4 is 4.74 Å². The summed E-state index contributed by atoms with van der Waals surface area (Å²) in [4.78, 5) is 11.1. The van der Waals surface area contributed by atoms with Crippen molar-refractivity contribution < 1.29 is 23.1 Å². The third-order valence-electron chi connectivity index (χ3n) is 3.58. The second-order valence-corrected chi connectivity index (χ2v) is 7.13. The number of aliphatic carboxylic acids is 1. The fourth-order valence-corrected chi connectivity index (χ4v) is 4.85. The Morgan fingerprint density at radius 3 is 2.67 bits per heavy atom. The summed E-state index contributed by atoms with van der Waals surface area (Å²) in [5.41, 5.74) is 0. The molecule has 1 fully saturated rings. The van der Waals surface area contributed by atoms with E-state index in [1.165, 1.54) is 19.2 Å². The summed E-state index contributed by atoms with van der Waals surface area (Å²) in [5, 5.41) is 9.26. The van der Waals surface area contributed by atoms with Gasteiger partial charge in [-0.1, -0.05) is 11.6 Å². The van der Waals surface area contributed by atoms with Crippen molar-refractivity contribution in [2.45, 2.75) is 36.7 Å². The molecule has 0 amide bonds. The van der Waals surface area contributed by atoms with Crippen LogP contribution in [0.1, 0.15) is 19.8 Å². The Kier molecular flexibility index (Phi) is 4.46. The van der Waals surface area contributed by atoms with Crippen LogP contribution in [0, 0.1) is 0 Å². The van der Waals surface area contributed by atoms with E-state index in [0.29, 0.717) is 12.2 Å². The van der Waals surface area contributed by atoms with Gasteiger partial charge in [0.1, 0.15) is 16.7 Å². The normalized spacial score (nSPS) is 23.2. The monoisotopic (exact) mass is 333 g/mol. The van der Waals surface area contributed by atoms with E-state index in [0.717, 1.165) is 4.31 Å². The van der Waals surface area contributed by atoms with Crippen LogP contribution in [0.3, 0.4) is 0 Å². The molecular weight excluding hydrogens is 318 g/mol. The zero-order chi connectivity index (χ0) is 15.8. The first kappa shape index (κ1) is 16.1. The quantitative estimate of drug-likeness (QED) is 0.910. The Morgan fingerprint density at radius 1 is 1.43 bits per heavy atom. The van der Waals surface area contributed by atoms with Gasteiger partial charge in [0.05, 0.1) is 12.1 Å². The number of nitrogens with zero attached hydrogens (tertiary/aromatic N) is 1. The van der Waals surface area contributed by atoms with Crippen molar-refractivity contribution in [3.05, 3.63) is 23.2 Å². The Morgan fingerprint density at radius 2 is 2.10 bits per heavy atom. The molecule has 0 saturated carbocycles. The number of benzene rings is 1. The van der Waals surface area contributed by atoms with E-state index >= 15 is 0 Å². The molecule has 1 heterocycles. The molecule has 6 nitrogen and oxygen atoms in total. The highest BCUT2D eigenvalue weighted by Gasteiger charge is 2.44. The van der Waals surface area contributed by atoms with Crippen LogP contribution >= 0.6 is 11.6 Å². The number of sulfonamides is 1. The third-order valence-corrected chi connectivity index (χ3v) is 6.08. The molecule has 2 atom stereocenters. The van der Waals surface area contributed by atoms with Crippen molar-refractivity contribution in [2.75, 3.05) is 7.11 Å². The minimum Gasteiger partial charge on any atom is -0.497 e. The van der Waals surface area contributed by atoms with E-state index in [2.05, 4.69) is 0 Å². The van der Waals surface area contributed by atoms with Gasteiger partial charge in [0.2, 0.25) is 10.0 Å². The van der Waals surface area contributed by atoms with Gasteiger partial charge in [-0.25, -0.2) is 8.42 Å². The molecule has 1 N–H and O–H groups in total. The van der Waals surface area contributed by atoms with E-state index in [9.17, 15) is 18.3 Å². The zero-order valence-corrected chi connectivity index (χ0v) is 13.2. The standard InChI is InChI=1S/C13H16ClNO5S/c1-8-3-6-11(13(16)17)15(8)21(18,19)12-7-9(20-2)4-5-10(12)14/h4-5,7-8,11H,3,6H2,1-2H3,(H,16,17)/t8-,11-/m0/s1. The van der Waals surface area contributed by atoms with Crippen molar-refractivity contribution in [1.82, 2.24) is 4.31 Å². The van der Waals surface area contributed by atoms with Crippen molar-refractivity contribution in [2.24, 2.45) is 0 Å². The lowest BCUT2D eigenvalue weighted by atomic mass is 10.2.